The molecule has 0 aliphatic carbocycles. The van der Waals surface area contributed by atoms with E-state index in [-0.39, 0.29) is 41.5 Å². The highest BCUT2D eigenvalue weighted by Crippen LogP contribution is 2.16. The molecule has 216 valence electrons. The molecule has 0 aromatic carbocycles. The molecule has 2 heterocycles. The number of fused-ring (bicyclic) bond motifs is 2. The second-order valence-corrected chi connectivity index (χ2v) is 12.6. The molecule has 13 heteroatoms. The highest BCUT2D eigenvalue weighted by atomic mass is 32.2. The van der Waals surface area contributed by atoms with Gasteiger partial charge in [-0.2, -0.15) is 0 Å². The van der Waals surface area contributed by atoms with Crippen LogP contribution >= 0.6 is 23.1 Å². The number of rotatable bonds is 7. The van der Waals surface area contributed by atoms with E-state index < -0.39 is 41.5 Å². The molecular formula is C26H39N5O6S2. The van der Waals surface area contributed by atoms with Crippen molar-refractivity contribution in [2.45, 2.75) is 84.7 Å². The lowest BCUT2D eigenvalue weighted by Crippen LogP contribution is -2.59. The third-order valence-electron chi connectivity index (χ3n) is 5.95. The molecule has 3 atom stereocenters. The van der Waals surface area contributed by atoms with Crippen LogP contribution in [0.3, 0.4) is 0 Å². The van der Waals surface area contributed by atoms with Gasteiger partial charge in [0, 0.05) is 11.1 Å². The number of nitrogens with two attached hydrogens (primary N) is 1. The maximum atomic E-state index is 13.1. The second kappa shape index (κ2) is 14.6. The molecule has 1 aromatic rings. The molecule has 0 saturated carbocycles. The number of aromatic nitrogens is 1. The maximum absolute atomic E-state index is 13.1. The highest BCUT2D eigenvalue weighted by molar-refractivity contribution is 8.13. The first-order valence-electron chi connectivity index (χ1n) is 12.8. The molecule has 0 radical (unpaired) electrons. The third kappa shape index (κ3) is 10.0. The van der Waals surface area contributed by atoms with Crippen molar-refractivity contribution in [2.75, 3.05) is 5.75 Å². The Morgan fingerprint density at radius 2 is 1.95 bits per heavy atom. The Morgan fingerprint density at radius 3 is 2.59 bits per heavy atom. The lowest BCUT2D eigenvalue weighted by Gasteiger charge is -2.29. The number of thiazole rings is 1. The van der Waals surface area contributed by atoms with E-state index in [1.807, 2.05) is 13.8 Å². The monoisotopic (exact) mass is 581 g/mol. The van der Waals surface area contributed by atoms with Gasteiger partial charge in [0.15, 0.2) is 0 Å². The fraction of sp³-hybridized carbons (Fsp3) is 0.615. The number of hydrogen-bond donors (Lipinski definition) is 4. The van der Waals surface area contributed by atoms with E-state index in [0.29, 0.717) is 17.2 Å². The van der Waals surface area contributed by atoms with Gasteiger partial charge in [-0.1, -0.05) is 45.5 Å². The summed E-state index contributed by atoms with van der Waals surface area (Å²) in [5.74, 6) is -2.01. The Kier molecular flexibility index (Phi) is 12.1. The number of cyclic esters (lactones) is 1. The van der Waals surface area contributed by atoms with Gasteiger partial charge >= 0.3 is 5.97 Å². The number of ether oxygens (including phenoxy) is 1. The molecule has 1 aliphatic heterocycles. The van der Waals surface area contributed by atoms with Crippen LogP contribution in [0.5, 0.6) is 0 Å². The Labute approximate surface area is 237 Å². The summed E-state index contributed by atoms with van der Waals surface area (Å²) in [6.07, 6.45) is 2.80. The highest BCUT2D eigenvalue weighted by Gasteiger charge is 2.36. The van der Waals surface area contributed by atoms with Crippen molar-refractivity contribution in [1.82, 2.24) is 20.9 Å². The smallest absolute Gasteiger partial charge is 0.329 e. The number of esters is 1. The quantitative estimate of drug-likeness (QED) is 0.213. The van der Waals surface area contributed by atoms with E-state index in [2.05, 4.69) is 20.9 Å². The van der Waals surface area contributed by atoms with Crippen molar-refractivity contribution >= 4 is 51.9 Å². The van der Waals surface area contributed by atoms with Gasteiger partial charge in [-0.15, -0.1) is 11.3 Å². The summed E-state index contributed by atoms with van der Waals surface area (Å²) in [6.45, 7) is 10.4. The molecule has 3 amide bonds. The fourth-order valence-corrected chi connectivity index (χ4v) is 5.00. The largest absolute Gasteiger partial charge is 0.456 e. The van der Waals surface area contributed by atoms with Gasteiger partial charge in [-0.25, -0.2) is 9.78 Å². The van der Waals surface area contributed by atoms with E-state index in [4.69, 9.17) is 10.5 Å². The van der Waals surface area contributed by atoms with Gasteiger partial charge in [0.25, 0.3) is 5.91 Å². The van der Waals surface area contributed by atoms with Crippen LogP contribution in [0.15, 0.2) is 17.5 Å². The zero-order chi connectivity index (χ0) is 29.3. The summed E-state index contributed by atoms with van der Waals surface area (Å²) in [5.41, 5.74) is 4.67. The first-order valence-corrected chi connectivity index (χ1v) is 14.7. The zero-order valence-corrected chi connectivity index (χ0v) is 24.9. The van der Waals surface area contributed by atoms with Crippen molar-refractivity contribution in [1.29, 1.82) is 0 Å². The van der Waals surface area contributed by atoms with Crippen molar-refractivity contribution in [3.8, 4) is 0 Å². The summed E-state index contributed by atoms with van der Waals surface area (Å²) in [5, 5.41) is 10.0. The molecular weight excluding hydrogens is 542 g/mol. The van der Waals surface area contributed by atoms with Crippen molar-refractivity contribution in [3.05, 3.63) is 28.2 Å². The summed E-state index contributed by atoms with van der Waals surface area (Å²) < 4.78 is 5.66. The molecule has 0 saturated heterocycles. The van der Waals surface area contributed by atoms with E-state index in [0.717, 1.165) is 11.8 Å². The minimum atomic E-state index is -1.34. The molecule has 0 fully saturated rings. The van der Waals surface area contributed by atoms with E-state index in [1.165, 1.54) is 25.2 Å². The Balaban J connectivity index is 2.22. The number of nitrogens with one attached hydrogen (secondary N) is 3. The Bertz CT molecular complexity index is 1080. The van der Waals surface area contributed by atoms with E-state index >= 15 is 0 Å². The molecule has 1 unspecified atom stereocenters. The standard InChI is InChI=1S/C26H39N5O6S2/c1-14(2)20(27)24(35)38-10-8-7-9-16-11-18(32)28-12-19-29-17(13-39-19)22(33)31-26(5,6)25(36)30-21(15(3)4)23(34)37-16/h7,9,13-16,20-21H,8,10-12,27H2,1-6H3,(H,28,32)(H,30,36)(H,31,33)/b9-7+/t16-,20?,21+/m1/s1. The number of hydrogen-bond acceptors (Lipinski definition) is 10. The van der Waals surface area contributed by atoms with Crippen LogP contribution in [0.25, 0.3) is 0 Å². The summed E-state index contributed by atoms with van der Waals surface area (Å²) >= 11 is 2.34. The number of amides is 3. The molecule has 11 nitrogen and oxygen atoms in total. The van der Waals surface area contributed by atoms with Crippen molar-refractivity contribution < 1.29 is 28.7 Å². The normalized spacial score (nSPS) is 21.9. The van der Waals surface area contributed by atoms with Crippen molar-refractivity contribution in [3.63, 3.8) is 0 Å². The number of thioether (sulfide) groups is 1. The minimum absolute atomic E-state index is 0.0454. The number of carbonyl (C=O) groups is 5. The molecule has 5 N–H and O–H groups in total. The lowest BCUT2D eigenvalue weighted by molar-refractivity contribution is -0.153. The number of nitrogens with zero attached hydrogens (tertiary/aromatic N) is 1. The third-order valence-corrected chi connectivity index (χ3v) is 7.79. The molecule has 1 aromatic heterocycles. The van der Waals surface area contributed by atoms with Crippen LogP contribution in [-0.2, 0) is 30.5 Å². The average Bonchev–Trinajstić information content (AvgIpc) is 3.33. The van der Waals surface area contributed by atoms with Crippen LogP contribution in [0.2, 0.25) is 0 Å². The van der Waals surface area contributed by atoms with Crippen LogP contribution in [-0.4, -0.2) is 63.3 Å². The fourth-order valence-electron chi connectivity index (χ4n) is 3.36. The predicted octanol–water partition coefficient (Wildman–Crippen LogP) is 1.91. The Morgan fingerprint density at radius 1 is 1.26 bits per heavy atom. The minimum Gasteiger partial charge on any atom is -0.456 e. The summed E-state index contributed by atoms with van der Waals surface area (Å²) in [4.78, 5) is 67.9. The maximum Gasteiger partial charge on any atom is 0.329 e. The van der Waals surface area contributed by atoms with Gasteiger partial charge < -0.3 is 26.4 Å². The van der Waals surface area contributed by atoms with E-state index in [1.54, 1.807) is 31.4 Å². The van der Waals surface area contributed by atoms with Gasteiger partial charge in [0.2, 0.25) is 16.9 Å². The Hall–Kier alpha value is -2.77. The number of carbonyl (C=O) groups excluding carboxylic acids is 5. The van der Waals surface area contributed by atoms with Crippen LogP contribution < -0.4 is 21.7 Å². The van der Waals surface area contributed by atoms with Crippen LogP contribution in [0.4, 0.5) is 0 Å². The lowest BCUT2D eigenvalue weighted by atomic mass is 9.99. The predicted molar refractivity (Wildman–Crippen MR) is 151 cm³/mol. The molecule has 2 bridgehead atoms. The first-order chi connectivity index (χ1) is 18.2. The first kappa shape index (κ1) is 32.4. The van der Waals surface area contributed by atoms with Gasteiger partial charge in [-0.05, 0) is 38.2 Å². The SMILES string of the molecule is CC(C)C(N)C(=O)SCC/C=C/[C@@H]1CC(=O)NCc2nc(cs2)C(=O)NC(C)(C)C(=O)N[C@@H](C(C)C)C(=O)O1. The molecule has 39 heavy (non-hydrogen) atoms. The second-order valence-electron chi connectivity index (χ2n) is 10.5. The van der Waals surface area contributed by atoms with Crippen LogP contribution in [0, 0.1) is 11.8 Å². The van der Waals surface area contributed by atoms with Crippen LogP contribution in [0.1, 0.15) is 69.9 Å². The molecule has 0 spiro atoms. The van der Waals surface area contributed by atoms with Crippen molar-refractivity contribution in [2.24, 2.45) is 17.6 Å². The molecule has 2 rings (SSSR count). The zero-order valence-electron chi connectivity index (χ0n) is 23.2. The average molecular weight is 582 g/mol. The topological polar surface area (TPSA) is 170 Å². The number of allylic oxidation sites excluding steroid dienone is 1. The van der Waals surface area contributed by atoms with Gasteiger partial charge in [0.1, 0.15) is 28.4 Å². The summed E-state index contributed by atoms with van der Waals surface area (Å²) in [7, 11) is 0. The summed E-state index contributed by atoms with van der Waals surface area (Å²) in [6, 6.07) is -1.55. The van der Waals surface area contributed by atoms with E-state index in [9.17, 15) is 24.0 Å². The van der Waals surface area contributed by atoms with Gasteiger partial charge in [0.05, 0.1) is 19.0 Å². The molecule has 1 aliphatic rings. The van der Waals surface area contributed by atoms with Gasteiger partial charge in [-0.3, -0.25) is 19.2 Å².